The molecule has 0 aromatic rings. The van der Waals surface area contributed by atoms with E-state index in [2.05, 4.69) is 27.4 Å². The molecule has 0 aromatic heterocycles. The van der Waals surface area contributed by atoms with Crippen LogP contribution in [0.3, 0.4) is 0 Å². The van der Waals surface area contributed by atoms with Crippen LogP contribution in [-0.4, -0.2) is 61.3 Å². The molecule has 1 unspecified atom stereocenters. The van der Waals surface area contributed by atoms with Crippen molar-refractivity contribution in [3.05, 3.63) is 25.3 Å². The third-order valence-electron chi connectivity index (χ3n) is 2.86. The number of hydrogen-bond acceptors (Lipinski definition) is 7. The van der Waals surface area contributed by atoms with Gasteiger partial charge in [-0.3, -0.25) is 4.55 Å². The van der Waals surface area contributed by atoms with Gasteiger partial charge in [0.2, 0.25) is 0 Å². The minimum atomic E-state index is -6.67. The zero-order valence-electron chi connectivity index (χ0n) is 14.0. The van der Waals surface area contributed by atoms with E-state index in [-0.39, 0.29) is 6.08 Å². The predicted molar refractivity (Wildman–Crippen MR) is 78.2 cm³/mol. The van der Waals surface area contributed by atoms with Crippen molar-refractivity contribution in [2.75, 3.05) is 13.2 Å². The molecule has 1 atom stereocenters. The maximum absolute atomic E-state index is 13.4. The van der Waals surface area contributed by atoms with Crippen molar-refractivity contribution in [1.82, 2.24) is 0 Å². The molecular formula is C13H13F7O8S. The number of esters is 2. The minimum absolute atomic E-state index is 0.131. The van der Waals surface area contributed by atoms with Gasteiger partial charge in [0.05, 0.1) is 6.61 Å². The van der Waals surface area contributed by atoms with Crippen LogP contribution in [0.5, 0.6) is 0 Å². The zero-order chi connectivity index (χ0) is 23.3. The second-order valence-corrected chi connectivity index (χ2v) is 6.38. The van der Waals surface area contributed by atoms with Crippen molar-refractivity contribution < 1.29 is 67.5 Å². The third-order valence-corrected chi connectivity index (χ3v) is 3.80. The van der Waals surface area contributed by atoms with Crippen molar-refractivity contribution in [1.29, 1.82) is 0 Å². The van der Waals surface area contributed by atoms with Gasteiger partial charge in [-0.05, 0) is 0 Å². The lowest BCUT2D eigenvalue weighted by atomic mass is 10.2. The topological polar surface area (TPSA) is 116 Å². The highest BCUT2D eigenvalue weighted by atomic mass is 32.2. The number of carbonyl (C=O) groups is 2. The molecule has 0 aliphatic carbocycles. The van der Waals surface area contributed by atoms with Crippen LogP contribution >= 0.6 is 0 Å². The second-order valence-electron chi connectivity index (χ2n) is 4.92. The fourth-order valence-corrected chi connectivity index (χ4v) is 1.94. The van der Waals surface area contributed by atoms with E-state index >= 15 is 0 Å². The summed E-state index contributed by atoms with van der Waals surface area (Å²) < 4.78 is 134. The summed E-state index contributed by atoms with van der Waals surface area (Å²) in [6, 6.07) is 0. The number of halogens is 7. The molecule has 0 saturated carbocycles. The molecule has 0 saturated heterocycles. The first kappa shape index (κ1) is 26.8. The molecule has 0 radical (unpaired) electrons. The van der Waals surface area contributed by atoms with Crippen molar-refractivity contribution in [2.45, 2.75) is 29.6 Å². The van der Waals surface area contributed by atoms with Gasteiger partial charge in [0.15, 0.2) is 0 Å². The molecule has 0 bridgehead atoms. The minimum Gasteiger partial charge on any atom is -0.456 e. The summed E-state index contributed by atoms with van der Waals surface area (Å²) in [7, 11) is -6.67. The van der Waals surface area contributed by atoms with E-state index < -0.39 is 64.8 Å². The van der Waals surface area contributed by atoms with E-state index in [4.69, 9.17) is 4.55 Å². The van der Waals surface area contributed by atoms with Gasteiger partial charge in [0.1, 0.15) is 6.61 Å². The largest absolute Gasteiger partial charge is 0.468 e. The number of rotatable bonds is 11. The molecule has 8 nitrogen and oxygen atoms in total. The van der Waals surface area contributed by atoms with Crippen molar-refractivity contribution in [2.24, 2.45) is 0 Å². The smallest absolute Gasteiger partial charge is 0.456 e. The third kappa shape index (κ3) is 5.89. The van der Waals surface area contributed by atoms with E-state index in [9.17, 15) is 48.7 Å². The lowest BCUT2D eigenvalue weighted by molar-refractivity contribution is -0.356. The summed E-state index contributed by atoms with van der Waals surface area (Å²) in [6.45, 7) is 2.77. The Hall–Kier alpha value is -2.20. The number of ether oxygens (including phenoxy) is 3. The Morgan fingerprint density at radius 1 is 1.03 bits per heavy atom. The van der Waals surface area contributed by atoms with Crippen molar-refractivity contribution in [3.63, 3.8) is 0 Å². The molecule has 1 N–H and O–H groups in total. The van der Waals surface area contributed by atoms with Gasteiger partial charge in [-0.15, -0.1) is 0 Å². The summed E-state index contributed by atoms with van der Waals surface area (Å²) in [4.78, 5) is 22.9. The van der Waals surface area contributed by atoms with Gasteiger partial charge >= 0.3 is 45.2 Å². The van der Waals surface area contributed by atoms with Gasteiger partial charge in [-0.1, -0.05) is 19.2 Å². The van der Waals surface area contributed by atoms with E-state index in [1.807, 2.05) is 0 Å². The molecular weight excluding hydrogens is 449 g/mol. The van der Waals surface area contributed by atoms with E-state index in [1.165, 1.54) is 0 Å². The van der Waals surface area contributed by atoms with Crippen LogP contribution in [0.4, 0.5) is 30.7 Å². The average Bonchev–Trinajstić information content (AvgIpc) is 2.55. The first-order valence-corrected chi connectivity index (χ1v) is 8.40. The van der Waals surface area contributed by atoms with Crippen LogP contribution in [0, 0.1) is 0 Å². The molecule has 0 heterocycles. The molecule has 168 valence electrons. The van der Waals surface area contributed by atoms with E-state index in [0.717, 1.165) is 6.08 Å². The maximum Gasteiger partial charge on any atom is 0.468 e. The molecule has 0 aliphatic rings. The summed E-state index contributed by atoms with van der Waals surface area (Å²) in [5.74, 6) is -14.7. The Labute approximate surface area is 158 Å². The molecule has 0 aromatic carbocycles. The summed E-state index contributed by atoms with van der Waals surface area (Å²) in [5.41, 5.74) is 0. The molecule has 0 rings (SSSR count). The normalized spacial score (nSPS) is 15.2. The van der Waals surface area contributed by atoms with Gasteiger partial charge < -0.3 is 14.2 Å². The number of carbonyl (C=O) groups excluding carboxylic acids is 2. The van der Waals surface area contributed by atoms with Gasteiger partial charge in [-0.2, -0.15) is 39.2 Å². The Kier molecular flexibility index (Phi) is 8.39. The maximum atomic E-state index is 13.4. The quantitative estimate of drug-likeness (QED) is 0.124. The molecule has 16 heteroatoms. The SMILES string of the molecule is C=CCOC(=O)C(OCCC(F)(F)C(F)(F)S(=O)(=O)O)(OC(=O)C=C)C(F)(F)F. The number of hydrogen-bond donors (Lipinski definition) is 1. The first-order chi connectivity index (χ1) is 12.9. The summed E-state index contributed by atoms with van der Waals surface area (Å²) >= 11 is 0. The van der Waals surface area contributed by atoms with Crippen molar-refractivity contribution in [3.8, 4) is 0 Å². The Balaban J connectivity index is 5.89. The molecule has 0 amide bonds. The first-order valence-electron chi connectivity index (χ1n) is 6.96. The molecule has 0 spiro atoms. The van der Waals surface area contributed by atoms with Gasteiger partial charge in [-0.25, -0.2) is 9.59 Å². The monoisotopic (exact) mass is 462 g/mol. The highest BCUT2D eigenvalue weighted by Gasteiger charge is 2.69. The molecule has 29 heavy (non-hydrogen) atoms. The van der Waals surface area contributed by atoms with Gasteiger partial charge in [0, 0.05) is 12.5 Å². The van der Waals surface area contributed by atoms with Crippen LogP contribution in [0.1, 0.15) is 6.42 Å². The standard InChI is InChI=1S/C13H13F7O8S/c1-3-6-26-9(22)11(12(16,17)18,28-8(21)4-2)27-7-5-10(14,15)13(19,20)29(23,24)25/h3-4H,1-2,5-7H2,(H,23,24,25). The average molecular weight is 462 g/mol. The van der Waals surface area contributed by atoms with Crippen LogP contribution in [0.25, 0.3) is 0 Å². The van der Waals surface area contributed by atoms with Crippen molar-refractivity contribution >= 4 is 22.1 Å². The van der Waals surface area contributed by atoms with Crippen LogP contribution < -0.4 is 0 Å². The number of alkyl halides is 7. The highest BCUT2D eigenvalue weighted by molar-refractivity contribution is 7.87. The lowest BCUT2D eigenvalue weighted by Crippen LogP contribution is -2.58. The Bertz CT molecular complexity index is 747. The Morgan fingerprint density at radius 2 is 1.55 bits per heavy atom. The fraction of sp³-hybridized carbons (Fsp3) is 0.538. The van der Waals surface area contributed by atoms with E-state index in [1.54, 1.807) is 0 Å². The predicted octanol–water partition coefficient (Wildman–Crippen LogP) is 2.23. The zero-order valence-corrected chi connectivity index (χ0v) is 14.9. The Morgan fingerprint density at radius 3 is 1.93 bits per heavy atom. The summed E-state index contributed by atoms with van der Waals surface area (Å²) in [5, 5.41) is -6.11. The van der Waals surface area contributed by atoms with E-state index in [0.29, 0.717) is 0 Å². The fourth-order valence-electron chi connectivity index (χ4n) is 1.46. The molecule has 0 aliphatic heterocycles. The lowest BCUT2D eigenvalue weighted by Gasteiger charge is -2.32. The molecule has 0 fully saturated rings. The van der Waals surface area contributed by atoms with Crippen LogP contribution in [0.2, 0.25) is 0 Å². The summed E-state index contributed by atoms with van der Waals surface area (Å²) in [6.07, 6.45) is -7.52. The van der Waals surface area contributed by atoms with Crippen LogP contribution in [0.15, 0.2) is 25.3 Å². The van der Waals surface area contributed by atoms with Gasteiger partial charge in [0.25, 0.3) is 0 Å². The van der Waals surface area contributed by atoms with Crippen LogP contribution in [-0.2, 0) is 33.9 Å². The highest BCUT2D eigenvalue weighted by Crippen LogP contribution is 2.42. The second kappa shape index (κ2) is 9.08.